The van der Waals surface area contributed by atoms with Crippen molar-refractivity contribution in [3.63, 3.8) is 0 Å². The maximum atomic E-state index is 5.15. The molecule has 0 aromatic heterocycles. The van der Waals surface area contributed by atoms with Gasteiger partial charge in [0.1, 0.15) is 0 Å². The second-order valence-electron chi connectivity index (χ2n) is 4.16. The van der Waals surface area contributed by atoms with E-state index in [1.165, 1.54) is 11.1 Å². The van der Waals surface area contributed by atoms with E-state index in [2.05, 4.69) is 32.9 Å². The summed E-state index contributed by atoms with van der Waals surface area (Å²) in [6.07, 6.45) is 8.68. The van der Waals surface area contributed by atoms with E-state index < -0.39 is 0 Å². The average Bonchev–Trinajstić information content (AvgIpc) is 2.30. The highest BCUT2D eigenvalue weighted by atomic mass is 16.7. The number of hydrogen-bond donors (Lipinski definition) is 0. The monoisotopic (exact) mass is 226 g/mol. The highest BCUT2D eigenvalue weighted by Crippen LogP contribution is 2.12. The van der Waals surface area contributed by atoms with Gasteiger partial charge in [-0.2, -0.15) is 0 Å². The molecule has 0 radical (unpaired) electrons. The topological polar surface area (TPSA) is 18.5 Å². The highest BCUT2D eigenvalue weighted by molar-refractivity contribution is 5.02. The first-order chi connectivity index (χ1) is 7.63. The van der Waals surface area contributed by atoms with Crippen molar-refractivity contribution >= 4 is 0 Å². The van der Waals surface area contributed by atoms with Crippen LogP contribution in [0.2, 0.25) is 0 Å². The van der Waals surface area contributed by atoms with Crippen LogP contribution in [-0.2, 0) is 9.47 Å². The highest BCUT2D eigenvalue weighted by Gasteiger charge is 2.04. The largest absolute Gasteiger partial charge is 0.356 e. The van der Waals surface area contributed by atoms with Gasteiger partial charge in [-0.05, 0) is 40.0 Å². The van der Waals surface area contributed by atoms with Gasteiger partial charge in [0.05, 0.1) is 0 Å². The van der Waals surface area contributed by atoms with Crippen LogP contribution in [0.3, 0.4) is 0 Å². The molecule has 0 bridgehead atoms. The van der Waals surface area contributed by atoms with E-state index in [1.807, 2.05) is 0 Å². The van der Waals surface area contributed by atoms with Crippen LogP contribution in [0.5, 0.6) is 0 Å². The van der Waals surface area contributed by atoms with Gasteiger partial charge in [0, 0.05) is 20.6 Å². The number of allylic oxidation sites excluding steroid dienone is 4. The molecule has 0 aliphatic heterocycles. The van der Waals surface area contributed by atoms with Crippen LogP contribution in [0.4, 0.5) is 0 Å². The van der Waals surface area contributed by atoms with E-state index in [0.717, 1.165) is 25.7 Å². The third-order valence-electron chi connectivity index (χ3n) is 2.82. The summed E-state index contributed by atoms with van der Waals surface area (Å²) in [6, 6.07) is 0. The predicted octanol–water partition coefficient (Wildman–Crippen LogP) is 4.08. The van der Waals surface area contributed by atoms with Crippen LogP contribution < -0.4 is 0 Å². The summed E-state index contributed by atoms with van der Waals surface area (Å²) in [5, 5.41) is 0. The molecule has 0 unspecified atom stereocenters. The van der Waals surface area contributed by atoms with Crippen molar-refractivity contribution in [3.05, 3.63) is 23.3 Å². The minimum absolute atomic E-state index is 0.0689. The Labute approximate surface area is 100 Å². The second-order valence-corrected chi connectivity index (χ2v) is 4.16. The molecule has 0 aromatic rings. The van der Waals surface area contributed by atoms with Crippen LogP contribution in [0.25, 0.3) is 0 Å². The van der Waals surface area contributed by atoms with E-state index in [0.29, 0.717) is 0 Å². The van der Waals surface area contributed by atoms with Gasteiger partial charge in [-0.15, -0.1) is 0 Å². The summed E-state index contributed by atoms with van der Waals surface area (Å²) in [5.74, 6) is 0. The standard InChI is InChI=1S/C14H26O2/c1-6-12(2)8-7-9-13(3)10-11-14(15-4)16-5/h6,9,14H,7-8,10-11H2,1-5H3. The first-order valence-electron chi connectivity index (χ1n) is 5.97. The number of ether oxygens (including phenoxy) is 2. The molecule has 0 atom stereocenters. The Balaban J connectivity index is 3.78. The molecule has 0 N–H and O–H groups in total. The van der Waals surface area contributed by atoms with E-state index >= 15 is 0 Å². The Kier molecular flexibility index (Phi) is 9.25. The van der Waals surface area contributed by atoms with Gasteiger partial charge in [0.15, 0.2) is 6.29 Å². The van der Waals surface area contributed by atoms with Crippen molar-refractivity contribution in [2.45, 2.75) is 52.7 Å². The molecular formula is C14H26O2. The lowest BCUT2D eigenvalue weighted by Gasteiger charge is -2.12. The van der Waals surface area contributed by atoms with Gasteiger partial charge < -0.3 is 9.47 Å². The maximum absolute atomic E-state index is 5.15. The molecule has 16 heavy (non-hydrogen) atoms. The van der Waals surface area contributed by atoms with Crippen LogP contribution in [0.1, 0.15) is 46.5 Å². The third-order valence-corrected chi connectivity index (χ3v) is 2.82. The molecule has 0 saturated heterocycles. The summed E-state index contributed by atoms with van der Waals surface area (Å²) in [4.78, 5) is 0. The Morgan fingerprint density at radius 1 is 1.06 bits per heavy atom. The summed E-state index contributed by atoms with van der Waals surface area (Å²) in [5.41, 5.74) is 2.87. The molecule has 0 aliphatic carbocycles. The van der Waals surface area contributed by atoms with Crippen LogP contribution in [0, 0.1) is 0 Å². The molecule has 0 aliphatic rings. The smallest absolute Gasteiger partial charge is 0.157 e. The lowest BCUT2D eigenvalue weighted by atomic mass is 10.1. The molecular weight excluding hydrogens is 200 g/mol. The van der Waals surface area contributed by atoms with Gasteiger partial charge in [0.25, 0.3) is 0 Å². The Morgan fingerprint density at radius 3 is 2.19 bits per heavy atom. The third kappa shape index (κ3) is 7.66. The van der Waals surface area contributed by atoms with E-state index in [1.54, 1.807) is 14.2 Å². The van der Waals surface area contributed by atoms with Crippen LogP contribution >= 0.6 is 0 Å². The fraction of sp³-hybridized carbons (Fsp3) is 0.714. The Bertz CT molecular complexity index is 225. The Morgan fingerprint density at radius 2 is 1.69 bits per heavy atom. The molecule has 0 amide bonds. The summed E-state index contributed by atoms with van der Waals surface area (Å²) in [6.45, 7) is 6.44. The van der Waals surface area contributed by atoms with Gasteiger partial charge in [0.2, 0.25) is 0 Å². The van der Waals surface area contributed by atoms with Crippen molar-refractivity contribution in [2.24, 2.45) is 0 Å². The SMILES string of the molecule is CC=C(C)CCC=C(C)CCC(OC)OC. The molecule has 0 heterocycles. The summed E-state index contributed by atoms with van der Waals surface area (Å²) >= 11 is 0. The van der Waals surface area contributed by atoms with Gasteiger partial charge >= 0.3 is 0 Å². The summed E-state index contributed by atoms with van der Waals surface area (Å²) in [7, 11) is 3.37. The first kappa shape index (κ1) is 15.4. The van der Waals surface area contributed by atoms with Crippen molar-refractivity contribution in [2.75, 3.05) is 14.2 Å². The van der Waals surface area contributed by atoms with Crippen LogP contribution in [-0.4, -0.2) is 20.5 Å². The van der Waals surface area contributed by atoms with Crippen molar-refractivity contribution < 1.29 is 9.47 Å². The van der Waals surface area contributed by atoms with Crippen LogP contribution in [0.15, 0.2) is 23.3 Å². The Hall–Kier alpha value is -0.600. The lowest BCUT2D eigenvalue weighted by Crippen LogP contribution is -2.12. The lowest BCUT2D eigenvalue weighted by molar-refractivity contribution is -0.105. The minimum Gasteiger partial charge on any atom is -0.356 e. The molecule has 0 saturated carbocycles. The van der Waals surface area contributed by atoms with Crippen molar-refractivity contribution in [1.29, 1.82) is 0 Å². The van der Waals surface area contributed by atoms with E-state index in [-0.39, 0.29) is 6.29 Å². The van der Waals surface area contributed by atoms with Gasteiger partial charge in [-0.3, -0.25) is 0 Å². The van der Waals surface area contributed by atoms with E-state index in [9.17, 15) is 0 Å². The van der Waals surface area contributed by atoms with Gasteiger partial charge in [-0.1, -0.05) is 23.3 Å². The predicted molar refractivity (Wildman–Crippen MR) is 69.5 cm³/mol. The number of hydrogen-bond acceptors (Lipinski definition) is 2. The van der Waals surface area contributed by atoms with E-state index in [4.69, 9.17) is 9.47 Å². The minimum atomic E-state index is -0.0689. The zero-order chi connectivity index (χ0) is 12.4. The quantitative estimate of drug-likeness (QED) is 0.458. The molecule has 0 fully saturated rings. The fourth-order valence-electron chi connectivity index (χ4n) is 1.47. The molecule has 94 valence electrons. The maximum Gasteiger partial charge on any atom is 0.157 e. The van der Waals surface area contributed by atoms with Gasteiger partial charge in [-0.25, -0.2) is 0 Å². The summed E-state index contributed by atoms with van der Waals surface area (Å²) < 4.78 is 10.3. The zero-order valence-electron chi connectivity index (χ0n) is 11.4. The number of methoxy groups -OCH3 is 2. The molecule has 2 nitrogen and oxygen atoms in total. The normalized spacial score (nSPS) is 13.6. The van der Waals surface area contributed by atoms with Crippen molar-refractivity contribution in [1.82, 2.24) is 0 Å². The molecule has 0 aromatic carbocycles. The second kappa shape index (κ2) is 9.61. The zero-order valence-corrected chi connectivity index (χ0v) is 11.4. The average molecular weight is 226 g/mol. The van der Waals surface area contributed by atoms with Crippen molar-refractivity contribution in [3.8, 4) is 0 Å². The molecule has 0 rings (SSSR count). The number of rotatable bonds is 8. The molecule has 2 heteroatoms. The first-order valence-corrected chi connectivity index (χ1v) is 5.97. The fourth-order valence-corrected chi connectivity index (χ4v) is 1.47. The molecule has 0 spiro atoms.